The summed E-state index contributed by atoms with van der Waals surface area (Å²) in [6.07, 6.45) is 3.30. The van der Waals surface area contributed by atoms with Gasteiger partial charge in [0.15, 0.2) is 0 Å². The molecule has 1 N–H and O–H groups in total. The Morgan fingerprint density at radius 2 is 1.81 bits per heavy atom. The number of nitro benzene ring substituents is 1. The molecule has 150 valence electrons. The zero-order valence-electron chi connectivity index (χ0n) is 15.1. The summed E-state index contributed by atoms with van der Waals surface area (Å²) in [6, 6.07) is 6.74. The molecule has 2 saturated heterocycles. The highest BCUT2D eigenvalue weighted by molar-refractivity contribution is 5.85. The van der Waals surface area contributed by atoms with E-state index in [2.05, 4.69) is 10.2 Å². The fourth-order valence-corrected chi connectivity index (χ4v) is 4.38. The van der Waals surface area contributed by atoms with Gasteiger partial charge >= 0.3 is 0 Å². The summed E-state index contributed by atoms with van der Waals surface area (Å²) in [7, 11) is 0. The molecule has 1 aromatic rings. The summed E-state index contributed by atoms with van der Waals surface area (Å²) in [5, 5.41) is 14.3. The fraction of sp³-hybridized carbons (Fsp3) is 0.611. The highest BCUT2D eigenvalue weighted by Crippen LogP contribution is 2.59. The van der Waals surface area contributed by atoms with Gasteiger partial charge in [0, 0.05) is 49.9 Å². The van der Waals surface area contributed by atoms with E-state index in [0.717, 1.165) is 51.1 Å². The van der Waals surface area contributed by atoms with E-state index < -0.39 is 0 Å². The number of piperidine rings is 1. The summed E-state index contributed by atoms with van der Waals surface area (Å²) in [4.78, 5) is 27.5. The van der Waals surface area contributed by atoms with E-state index in [0.29, 0.717) is 19.0 Å². The molecule has 1 saturated carbocycles. The number of anilines is 1. The van der Waals surface area contributed by atoms with Crippen LogP contribution in [0.15, 0.2) is 24.3 Å². The lowest BCUT2D eigenvalue weighted by Gasteiger charge is -2.36. The molecule has 27 heavy (non-hydrogen) atoms. The molecule has 1 unspecified atom stereocenters. The van der Waals surface area contributed by atoms with Gasteiger partial charge in [-0.15, -0.1) is 24.8 Å². The van der Waals surface area contributed by atoms with Crippen LogP contribution in [0.4, 0.5) is 11.4 Å². The number of carbonyl (C=O) groups is 1. The Labute approximate surface area is 171 Å². The van der Waals surface area contributed by atoms with E-state index in [1.807, 2.05) is 11.0 Å². The van der Waals surface area contributed by atoms with E-state index in [1.165, 1.54) is 6.07 Å². The van der Waals surface area contributed by atoms with Crippen molar-refractivity contribution in [1.82, 2.24) is 10.2 Å². The number of nitro groups is 1. The smallest absolute Gasteiger partial charge is 0.271 e. The summed E-state index contributed by atoms with van der Waals surface area (Å²) in [6.45, 7) is 4.93. The minimum atomic E-state index is -0.366. The Morgan fingerprint density at radius 3 is 2.44 bits per heavy atom. The molecule has 1 aromatic carbocycles. The molecular formula is C18H26Cl2N4O3. The first-order chi connectivity index (χ1) is 12.1. The molecule has 7 nitrogen and oxygen atoms in total. The molecule has 2 aliphatic heterocycles. The molecule has 1 amide bonds. The molecule has 3 fully saturated rings. The molecule has 0 aromatic heterocycles. The third-order valence-corrected chi connectivity index (χ3v) is 6.08. The second kappa shape index (κ2) is 8.63. The lowest BCUT2D eigenvalue weighted by molar-refractivity contribution is -0.384. The van der Waals surface area contributed by atoms with Crippen molar-refractivity contribution in [2.24, 2.45) is 11.3 Å². The Kier molecular flexibility index (Phi) is 6.94. The van der Waals surface area contributed by atoms with E-state index in [9.17, 15) is 14.9 Å². The van der Waals surface area contributed by atoms with Gasteiger partial charge in [0.2, 0.25) is 5.91 Å². The van der Waals surface area contributed by atoms with Crippen LogP contribution in [0.1, 0.15) is 19.3 Å². The normalized spacial score (nSPS) is 23.2. The van der Waals surface area contributed by atoms with Crippen molar-refractivity contribution in [2.45, 2.75) is 19.3 Å². The van der Waals surface area contributed by atoms with Gasteiger partial charge in [0.25, 0.3) is 5.69 Å². The van der Waals surface area contributed by atoms with Crippen molar-refractivity contribution in [3.63, 3.8) is 0 Å². The number of nitrogens with one attached hydrogen (secondary N) is 1. The summed E-state index contributed by atoms with van der Waals surface area (Å²) < 4.78 is 0. The highest BCUT2D eigenvalue weighted by Gasteiger charge is 2.58. The molecule has 1 aliphatic carbocycles. The van der Waals surface area contributed by atoms with Gasteiger partial charge < -0.3 is 15.1 Å². The first-order valence-electron chi connectivity index (χ1n) is 9.08. The van der Waals surface area contributed by atoms with Crippen LogP contribution < -0.4 is 10.2 Å². The maximum Gasteiger partial charge on any atom is 0.271 e. The largest absolute Gasteiger partial charge is 0.368 e. The topological polar surface area (TPSA) is 78.7 Å². The van der Waals surface area contributed by atoms with Crippen LogP contribution in [0.2, 0.25) is 0 Å². The van der Waals surface area contributed by atoms with Crippen molar-refractivity contribution in [1.29, 1.82) is 0 Å². The van der Waals surface area contributed by atoms with Gasteiger partial charge in [-0.05, 0) is 43.8 Å². The molecular weight excluding hydrogens is 391 g/mol. The van der Waals surface area contributed by atoms with Crippen LogP contribution in [-0.4, -0.2) is 55.0 Å². The maximum atomic E-state index is 12.8. The number of carbonyl (C=O) groups excluding carboxylic acids is 1. The van der Waals surface area contributed by atoms with Crippen LogP contribution >= 0.6 is 24.8 Å². The monoisotopic (exact) mass is 416 g/mol. The molecule has 4 rings (SSSR count). The van der Waals surface area contributed by atoms with Gasteiger partial charge in [-0.25, -0.2) is 0 Å². The SMILES string of the molecule is Cl.Cl.O=C(C1CC12CCNCC2)N1CCN(c2cccc([N+](=O)[O-])c2)CC1. The van der Waals surface area contributed by atoms with Gasteiger partial charge in [-0.2, -0.15) is 0 Å². The average Bonchev–Trinajstić information content (AvgIpc) is 3.34. The van der Waals surface area contributed by atoms with Crippen molar-refractivity contribution in [3.8, 4) is 0 Å². The Bertz CT molecular complexity index is 689. The maximum absolute atomic E-state index is 12.8. The van der Waals surface area contributed by atoms with Crippen molar-refractivity contribution >= 4 is 42.1 Å². The average molecular weight is 417 g/mol. The van der Waals surface area contributed by atoms with Crippen LogP contribution in [0.5, 0.6) is 0 Å². The molecule has 2 heterocycles. The van der Waals surface area contributed by atoms with Crippen LogP contribution in [-0.2, 0) is 4.79 Å². The number of nitrogens with zero attached hydrogens (tertiary/aromatic N) is 3. The second-order valence-corrected chi connectivity index (χ2v) is 7.46. The molecule has 1 spiro atoms. The van der Waals surface area contributed by atoms with Crippen LogP contribution in [0.25, 0.3) is 0 Å². The number of hydrogen-bond acceptors (Lipinski definition) is 5. The summed E-state index contributed by atoms with van der Waals surface area (Å²) in [5.41, 5.74) is 1.25. The van der Waals surface area contributed by atoms with Crippen molar-refractivity contribution in [2.75, 3.05) is 44.2 Å². The zero-order valence-corrected chi connectivity index (χ0v) is 16.8. The standard InChI is InChI=1S/C18H24N4O3.2ClH/c23-17(16-13-18(16)4-6-19-7-5-18)21-10-8-20(9-11-21)14-2-1-3-15(12-14)22(24)25;;/h1-3,12,16,19H,4-11,13H2;2*1H. The van der Waals surface area contributed by atoms with Gasteiger partial charge in [0.1, 0.15) is 0 Å². The predicted octanol–water partition coefficient (Wildman–Crippen LogP) is 2.48. The number of rotatable bonds is 3. The second-order valence-electron chi connectivity index (χ2n) is 7.46. The minimum Gasteiger partial charge on any atom is -0.368 e. The highest BCUT2D eigenvalue weighted by atomic mass is 35.5. The Balaban J connectivity index is 0.00000131. The lowest BCUT2D eigenvalue weighted by Crippen LogP contribution is -2.49. The molecule has 1 atom stereocenters. The quantitative estimate of drug-likeness (QED) is 0.604. The number of non-ortho nitro benzene ring substituents is 1. The summed E-state index contributed by atoms with van der Waals surface area (Å²) in [5.74, 6) is 0.541. The van der Waals surface area contributed by atoms with E-state index in [1.54, 1.807) is 12.1 Å². The Morgan fingerprint density at radius 1 is 1.15 bits per heavy atom. The van der Waals surface area contributed by atoms with Crippen LogP contribution in [0.3, 0.4) is 0 Å². The van der Waals surface area contributed by atoms with E-state index in [-0.39, 0.29) is 46.8 Å². The third kappa shape index (κ3) is 4.31. The number of benzene rings is 1. The minimum absolute atomic E-state index is 0. The van der Waals surface area contributed by atoms with Crippen molar-refractivity contribution in [3.05, 3.63) is 34.4 Å². The zero-order chi connectivity index (χ0) is 17.4. The first-order valence-corrected chi connectivity index (χ1v) is 9.08. The number of hydrogen-bond donors (Lipinski definition) is 1. The molecule has 3 aliphatic rings. The predicted molar refractivity (Wildman–Crippen MR) is 109 cm³/mol. The first kappa shape index (κ1) is 21.7. The molecule has 0 radical (unpaired) electrons. The number of amides is 1. The Hall–Kier alpha value is -1.57. The van der Waals surface area contributed by atoms with Crippen LogP contribution in [0, 0.1) is 21.4 Å². The lowest BCUT2D eigenvalue weighted by atomic mass is 9.91. The van der Waals surface area contributed by atoms with Gasteiger partial charge in [-0.3, -0.25) is 14.9 Å². The number of halogens is 2. The summed E-state index contributed by atoms with van der Waals surface area (Å²) >= 11 is 0. The van der Waals surface area contributed by atoms with Gasteiger partial charge in [0.05, 0.1) is 4.92 Å². The van der Waals surface area contributed by atoms with E-state index >= 15 is 0 Å². The third-order valence-electron chi connectivity index (χ3n) is 6.08. The van der Waals surface area contributed by atoms with Gasteiger partial charge in [-0.1, -0.05) is 6.07 Å². The van der Waals surface area contributed by atoms with Crippen molar-refractivity contribution < 1.29 is 9.72 Å². The van der Waals surface area contributed by atoms with E-state index in [4.69, 9.17) is 0 Å². The number of piperazine rings is 1. The fourth-order valence-electron chi connectivity index (χ4n) is 4.38. The molecule has 0 bridgehead atoms. The molecule has 9 heteroatoms.